The molecule has 0 saturated heterocycles. The highest BCUT2D eigenvalue weighted by molar-refractivity contribution is 5.93. The molecule has 1 aliphatic carbocycles. The van der Waals surface area contributed by atoms with E-state index in [0.29, 0.717) is 11.7 Å². The average Bonchev–Trinajstić information content (AvgIpc) is 3.13. The number of nitrogens with one attached hydrogen (secondary N) is 2. The quantitative estimate of drug-likeness (QED) is 0.613. The minimum atomic E-state index is -0.475. The fourth-order valence-corrected chi connectivity index (χ4v) is 1.58. The number of nitro groups is 1. The Morgan fingerprint density at radius 1 is 1.50 bits per heavy atom. The van der Waals surface area contributed by atoms with E-state index in [0.717, 1.165) is 18.4 Å². The summed E-state index contributed by atoms with van der Waals surface area (Å²) in [5.74, 6) is -0.175. The molecule has 96 valence electrons. The maximum atomic E-state index is 11.6. The van der Waals surface area contributed by atoms with Crippen molar-refractivity contribution in [1.82, 2.24) is 5.32 Å². The number of carbonyl (C=O) groups excluding carboxylic acids is 1. The second-order valence-electron chi connectivity index (χ2n) is 4.46. The molecule has 1 aromatic carbocycles. The van der Waals surface area contributed by atoms with E-state index in [1.54, 1.807) is 13.0 Å². The van der Waals surface area contributed by atoms with Crippen LogP contribution in [0.2, 0.25) is 0 Å². The highest BCUT2D eigenvalue weighted by Crippen LogP contribution is 2.22. The minimum Gasteiger partial charge on any atom is -0.324 e. The predicted octanol–water partition coefficient (Wildman–Crippen LogP) is 1.59. The molecule has 0 heterocycles. The van der Waals surface area contributed by atoms with Crippen LogP contribution in [0.5, 0.6) is 0 Å². The van der Waals surface area contributed by atoms with Gasteiger partial charge in [0.25, 0.3) is 5.69 Å². The Kier molecular flexibility index (Phi) is 3.57. The fraction of sp³-hybridized carbons (Fsp3) is 0.417. The third kappa shape index (κ3) is 3.27. The van der Waals surface area contributed by atoms with Gasteiger partial charge in [0.15, 0.2) is 0 Å². The zero-order valence-electron chi connectivity index (χ0n) is 10.1. The lowest BCUT2D eigenvalue weighted by Gasteiger charge is -2.08. The first-order valence-corrected chi connectivity index (χ1v) is 5.84. The van der Waals surface area contributed by atoms with Crippen molar-refractivity contribution in [2.45, 2.75) is 25.8 Å². The number of benzene rings is 1. The lowest BCUT2D eigenvalue weighted by molar-refractivity contribution is -0.384. The van der Waals surface area contributed by atoms with Gasteiger partial charge in [-0.15, -0.1) is 0 Å². The zero-order chi connectivity index (χ0) is 13.1. The molecule has 0 aromatic heterocycles. The monoisotopic (exact) mass is 249 g/mol. The number of nitrogens with zero attached hydrogens (tertiary/aromatic N) is 1. The second kappa shape index (κ2) is 5.14. The van der Waals surface area contributed by atoms with Gasteiger partial charge in [-0.2, -0.15) is 0 Å². The minimum absolute atomic E-state index is 0.0222. The van der Waals surface area contributed by atoms with Crippen molar-refractivity contribution in [1.29, 1.82) is 0 Å². The highest BCUT2D eigenvalue weighted by atomic mass is 16.6. The molecule has 1 aromatic rings. The largest absolute Gasteiger partial charge is 0.324 e. The molecule has 2 rings (SSSR count). The van der Waals surface area contributed by atoms with Gasteiger partial charge in [-0.1, -0.05) is 6.07 Å². The first-order valence-electron chi connectivity index (χ1n) is 5.84. The van der Waals surface area contributed by atoms with E-state index in [1.807, 2.05) is 0 Å². The molecule has 0 atom stereocenters. The normalized spacial score (nSPS) is 14.3. The van der Waals surface area contributed by atoms with Crippen LogP contribution in [-0.2, 0) is 4.79 Å². The summed E-state index contributed by atoms with van der Waals surface area (Å²) < 4.78 is 0. The molecule has 1 amide bonds. The molecular formula is C12H15N3O3. The number of carbonyl (C=O) groups is 1. The van der Waals surface area contributed by atoms with Crippen LogP contribution in [0.15, 0.2) is 18.2 Å². The van der Waals surface area contributed by atoms with E-state index in [9.17, 15) is 14.9 Å². The molecule has 6 heteroatoms. The molecule has 2 N–H and O–H groups in total. The number of amides is 1. The Labute approximate surface area is 105 Å². The first kappa shape index (κ1) is 12.5. The van der Waals surface area contributed by atoms with Crippen LogP contribution in [0.25, 0.3) is 0 Å². The third-order valence-electron chi connectivity index (χ3n) is 2.83. The second-order valence-corrected chi connectivity index (χ2v) is 4.46. The van der Waals surface area contributed by atoms with E-state index >= 15 is 0 Å². The van der Waals surface area contributed by atoms with Gasteiger partial charge in [-0.25, -0.2) is 0 Å². The molecule has 0 radical (unpaired) electrons. The highest BCUT2D eigenvalue weighted by Gasteiger charge is 2.21. The van der Waals surface area contributed by atoms with Gasteiger partial charge in [0.1, 0.15) is 0 Å². The summed E-state index contributed by atoms with van der Waals surface area (Å²) in [5.41, 5.74) is 1.28. The van der Waals surface area contributed by atoms with Crippen LogP contribution in [0.1, 0.15) is 18.4 Å². The summed E-state index contributed by atoms with van der Waals surface area (Å²) in [5, 5.41) is 16.4. The van der Waals surface area contributed by atoms with Crippen molar-refractivity contribution in [3.8, 4) is 0 Å². The van der Waals surface area contributed by atoms with Crippen molar-refractivity contribution >= 4 is 17.3 Å². The summed E-state index contributed by atoms with van der Waals surface area (Å²) in [6.45, 7) is 2.04. The first-order chi connectivity index (χ1) is 8.56. The zero-order valence-corrected chi connectivity index (χ0v) is 10.1. The predicted molar refractivity (Wildman–Crippen MR) is 67.5 cm³/mol. The van der Waals surface area contributed by atoms with E-state index < -0.39 is 4.92 Å². The third-order valence-corrected chi connectivity index (χ3v) is 2.83. The summed E-state index contributed by atoms with van der Waals surface area (Å²) in [6.07, 6.45) is 2.23. The van der Waals surface area contributed by atoms with Crippen LogP contribution in [-0.4, -0.2) is 23.4 Å². The van der Waals surface area contributed by atoms with Crippen LogP contribution in [0, 0.1) is 17.0 Å². The number of nitro benzene ring substituents is 1. The van der Waals surface area contributed by atoms with Crippen molar-refractivity contribution in [2.75, 3.05) is 11.9 Å². The van der Waals surface area contributed by atoms with E-state index in [2.05, 4.69) is 10.6 Å². The van der Waals surface area contributed by atoms with E-state index in [-0.39, 0.29) is 18.1 Å². The molecule has 0 spiro atoms. The number of non-ortho nitro benzene ring substituents is 1. The Morgan fingerprint density at radius 3 is 2.83 bits per heavy atom. The maximum absolute atomic E-state index is 11.6. The molecule has 0 bridgehead atoms. The summed E-state index contributed by atoms with van der Waals surface area (Å²) in [4.78, 5) is 21.8. The Balaban J connectivity index is 1.99. The van der Waals surface area contributed by atoms with Crippen LogP contribution >= 0.6 is 0 Å². The van der Waals surface area contributed by atoms with Gasteiger partial charge in [-0.3, -0.25) is 14.9 Å². The van der Waals surface area contributed by atoms with Crippen molar-refractivity contribution in [2.24, 2.45) is 0 Å². The molecule has 1 fully saturated rings. The molecular weight excluding hydrogens is 234 g/mol. The molecule has 0 unspecified atom stereocenters. The maximum Gasteiger partial charge on any atom is 0.271 e. The van der Waals surface area contributed by atoms with E-state index in [1.165, 1.54) is 12.1 Å². The molecule has 18 heavy (non-hydrogen) atoms. The standard InChI is InChI=1S/C12H15N3O3/c1-8-2-5-10(15(17)18)6-11(8)14-12(16)7-13-9-3-4-9/h2,5-6,9,13H,3-4,7H2,1H3,(H,14,16). The number of hydrogen-bond acceptors (Lipinski definition) is 4. The SMILES string of the molecule is Cc1ccc([N+](=O)[O-])cc1NC(=O)CNC1CC1. The Hall–Kier alpha value is -1.95. The lowest BCUT2D eigenvalue weighted by Crippen LogP contribution is -2.29. The number of anilines is 1. The average molecular weight is 249 g/mol. The number of rotatable bonds is 5. The Morgan fingerprint density at radius 2 is 2.22 bits per heavy atom. The lowest BCUT2D eigenvalue weighted by atomic mass is 10.2. The van der Waals surface area contributed by atoms with Gasteiger partial charge < -0.3 is 10.6 Å². The summed E-state index contributed by atoms with van der Waals surface area (Å²) >= 11 is 0. The van der Waals surface area contributed by atoms with Gasteiger partial charge >= 0.3 is 0 Å². The Bertz CT molecular complexity index is 483. The van der Waals surface area contributed by atoms with Crippen LogP contribution < -0.4 is 10.6 Å². The van der Waals surface area contributed by atoms with E-state index in [4.69, 9.17) is 0 Å². The van der Waals surface area contributed by atoms with Crippen LogP contribution in [0.4, 0.5) is 11.4 Å². The summed E-state index contributed by atoms with van der Waals surface area (Å²) in [6, 6.07) is 4.89. The molecule has 1 saturated carbocycles. The molecule has 6 nitrogen and oxygen atoms in total. The van der Waals surface area contributed by atoms with Crippen molar-refractivity contribution in [3.63, 3.8) is 0 Å². The topological polar surface area (TPSA) is 84.3 Å². The van der Waals surface area contributed by atoms with Crippen molar-refractivity contribution in [3.05, 3.63) is 33.9 Å². The molecule has 0 aliphatic heterocycles. The summed E-state index contributed by atoms with van der Waals surface area (Å²) in [7, 11) is 0. The van der Waals surface area contributed by atoms with Gasteiger partial charge in [0, 0.05) is 18.2 Å². The van der Waals surface area contributed by atoms with Crippen LogP contribution in [0.3, 0.4) is 0 Å². The van der Waals surface area contributed by atoms with Crippen molar-refractivity contribution < 1.29 is 9.72 Å². The molecule has 1 aliphatic rings. The smallest absolute Gasteiger partial charge is 0.271 e. The van der Waals surface area contributed by atoms with Gasteiger partial charge in [0.2, 0.25) is 5.91 Å². The fourth-order valence-electron chi connectivity index (χ4n) is 1.58. The number of hydrogen-bond donors (Lipinski definition) is 2. The van der Waals surface area contributed by atoms with Gasteiger partial charge in [0.05, 0.1) is 17.2 Å². The van der Waals surface area contributed by atoms with Gasteiger partial charge in [-0.05, 0) is 25.3 Å². The number of aryl methyl sites for hydroxylation is 1.